The average Bonchev–Trinajstić information content (AvgIpc) is 3.14. The van der Waals surface area contributed by atoms with Gasteiger partial charge in [-0.2, -0.15) is 0 Å². The van der Waals surface area contributed by atoms with E-state index in [0.29, 0.717) is 17.5 Å². The minimum atomic E-state index is -3.12. The first-order valence-corrected chi connectivity index (χ1v) is 9.63. The number of sulfone groups is 1. The Morgan fingerprint density at radius 1 is 1.30 bits per heavy atom. The predicted octanol–water partition coefficient (Wildman–Crippen LogP) is 2.21. The molecule has 1 aromatic rings. The first kappa shape index (κ1) is 20.2. The van der Waals surface area contributed by atoms with E-state index < -0.39 is 9.84 Å². The summed E-state index contributed by atoms with van der Waals surface area (Å²) in [5.74, 6) is 1.59. The molecule has 1 saturated carbocycles. The average molecular weight is 451 g/mol. The van der Waals surface area contributed by atoms with Gasteiger partial charge in [-0.25, -0.2) is 8.42 Å². The molecule has 0 aliphatic heterocycles. The summed E-state index contributed by atoms with van der Waals surface area (Å²) in [6.07, 6.45) is 3.22. The van der Waals surface area contributed by atoms with Crippen molar-refractivity contribution in [3.8, 4) is 0 Å². The Hall–Kier alpha value is -0.830. The third-order valence-corrected chi connectivity index (χ3v) is 4.93. The summed E-state index contributed by atoms with van der Waals surface area (Å²) in [5.41, 5.74) is 1.09. The van der Waals surface area contributed by atoms with Crippen molar-refractivity contribution in [1.29, 1.82) is 0 Å². The molecule has 5 nitrogen and oxygen atoms in total. The van der Waals surface area contributed by atoms with Crippen LogP contribution in [-0.2, 0) is 16.3 Å². The summed E-state index contributed by atoms with van der Waals surface area (Å²) >= 11 is 0. The zero-order chi connectivity index (χ0) is 16.2. The zero-order valence-electron chi connectivity index (χ0n) is 13.9. The second kappa shape index (κ2) is 8.86. The van der Waals surface area contributed by atoms with Crippen LogP contribution in [0.5, 0.6) is 0 Å². The number of aliphatic imine (C=N–C) groups is 1. The number of benzene rings is 1. The Kier molecular flexibility index (Phi) is 7.79. The standard InChI is InChI=1S/C16H25N3O2S.HI/c1-4-17-16(19-15-11-12(15)2)18-10-9-13-5-7-14(8-6-13)22(3,20)21;/h5-8,12,15H,4,9-11H2,1-3H3,(H2,17,18,19);1H. The molecule has 1 fully saturated rings. The van der Waals surface area contributed by atoms with E-state index in [-0.39, 0.29) is 24.0 Å². The van der Waals surface area contributed by atoms with Gasteiger partial charge in [0.05, 0.1) is 4.90 Å². The maximum absolute atomic E-state index is 11.4. The van der Waals surface area contributed by atoms with Crippen molar-refractivity contribution in [2.45, 2.75) is 37.6 Å². The van der Waals surface area contributed by atoms with Crippen molar-refractivity contribution in [2.75, 3.05) is 19.3 Å². The predicted molar refractivity (Wildman–Crippen MR) is 105 cm³/mol. The normalized spacial score (nSPS) is 20.6. The van der Waals surface area contributed by atoms with Crippen LogP contribution in [0, 0.1) is 5.92 Å². The van der Waals surface area contributed by atoms with Crippen LogP contribution in [0.1, 0.15) is 25.8 Å². The summed E-state index contributed by atoms with van der Waals surface area (Å²) in [6.45, 7) is 5.80. The second-order valence-corrected chi connectivity index (χ2v) is 7.91. The summed E-state index contributed by atoms with van der Waals surface area (Å²) in [5, 5.41) is 6.67. The van der Waals surface area contributed by atoms with Crippen molar-refractivity contribution in [2.24, 2.45) is 10.9 Å². The molecule has 130 valence electrons. The van der Waals surface area contributed by atoms with Gasteiger partial charge in [-0.1, -0.05) is 19.1 Å². The van der Waals surface area contributed by atoms with Gasteiger partial charge in [0, 0.05) is 25.4 Å². The SMILES string of the molecule is CCNC(=NCCc1ccc(S(C)(=O)=O)cc1)NC1CC1C.I. The molecule has 1 aromatic carbocycles. The van der Waals surface area contributed by atoms with Gasteiger partial charge in [-0.3, -0.25) is 4.99 Å². The van der Waals surface area contributed by atoms with Gasteiger partial charge in [0.2, 0.25) is 0 Å². The van der Waals surface area contributed by atoms with E-state index in [1.807, 2.05) is 12.1 Å². The molecule has 23 heavy (non-hydrogen) atoms. The Morgan fingerprint density at radius 3 is 2.39 bits per heavy atom. The smallest absolute Gasteiger partial charge is 0.191 e. The molecule has 0 radical (unpaired) electrons. The molecule has 2 unspecified atom stereocenters. The number of guanidine groups is 1. The van der Waals surface area contributed by atoms with Crippen molar-refractivity contribution < 1.29 is 8.42 Å². The monoisotopic (exact) mass is 451 g/mol. The molecule has 0 aromatic heterocycles. The van der Waals surface area contributed by atoms with Gasteiger partial charge in [0.15, 0.2) is 15.8 Å². The van der Waals surface area contributed by atoms with E-state index in [1.54, 1.807) is 12.1 Å². The summed E-state index contributed by atoms with van der Waals surface area (Å²) in [4.78, 5) is 4.93. The molecule has 0 spiro atoms. The molecular weight excluding hydrogens is 425 g/mol. The third-order valence-electron chi connectivity index (χ3n) is 3.80. The van der Waals surface area contributed by atoms with Crippen LogP contribution in [0.3, 0.4) is 0 Å². The van der Waals surface area contributed by atoms with E-state index in [0.717, 1.165) is 30.4 Å². The number of halogens is 1. The van der Waals surface area contributed by atoms with E-state index in [2.05, 4.69) is 29.5 Å². The van der Waals surface area contributed by atoms with Gasteiger partial charge in [-0.05, 0) is 43.4 Å². The van der Waals surface area contributed by atoms with Crippen LogP contribution in [0.4, 0.5) is 0 Å². The molecule has 2 atom stereocenters. The van der Waals surface area contributed by atoms with Crippen molar-refractivity contribution in [1.82, 2.24) is 10.6 Å². The minimum absolute atomic E-state index is 0. The van der Waals surface area contributed by atoms with Crippen LogP contribution in [0.2, 0.25) is 0 Å². The van der Waals surface area contributed by atoms with Crippen LogP contribution in [0.25, 0.3) is 0 Å². The fourth-order valence-electron chi connectivity index (χ4n) is 2.22. The number of hydrogen-bond donors (Lipinski definition) is 2. The van der Waals surface area contributed by atoms with Gasteiger partial charge in [0.1, 0.15) is 0 Å². The van der Waals surface area contributed by atoms with E-state index in [4.69, 9.17) is 0 Å². The van der Waals surface area contributed by atoms with E-state index in [1.165, 1.54) is 12.7 Å². The van der Waals surface area contributed by atoms with Gasteiger partial charge >= 0.3 is 0 Å². The second-order valence-electron chi connectivity index (χ2n) is 5.89. The Bertz CT molecular complexity index is 629. The van der Waals surface area contributed by atoms with E-state index >= 15 is 0 Å². The molecule has 2 rings (SSSR count). The molecule has 1 aliphatic carbocycles. The Morgan fingerprint density at radius 2 is 1.91 bits per heavy atom. The van der Waals surface area contributed by atoms with Gasteiger partial charge < -0.3 is 10.6 Å². The highest BCUT2D eigenvalue weighted by atomic mass is 127. The quantitative estimate of drug-likeness (QED) is 0.396. The maximum Gasteiger partial charge on any atom is 0.191 e. The first-order valence-electron chi connectivity index (χ1n) is 7.74. The van der Waals surface area contributed by atoms with Crippen LogP contribution in [0.15, 0.2) is 34.2 Å². The highest BCUT2D eigenvalue weighted by molar-refractivity contribution is 14.0. The molecular formula is C16H26IN3O2S. The molecule has 7 heteroatoms. The number of nitrogens with zero attached hydrogens (tertiary/aromatic N) is 1. The summed E-state index contributed by atoms with van der Waals surface area (Å²) in [6, 6.07) is 7.57. The molecule has 0 amide bonds. The lowest BCUT2D eigenvalue weighted by Gasteiger charge is -2.10. The topological polar surface area (TPSA) is 70.6 Å². The highest BCUT2D eigenvalue weighted by Gasteiger charge is 2.33. The maximum atomic E-state index is 11.4. The van der Waals surface area contributed by atoms with Crippen LogP contribution >= 0.6 is 24.0 Å². The molecule has 0 saturated heterocycles. The van der Waals surface area contributed by atoms with Crippen LogP contribution < -0.4 is 10.6 Å². The Labute approximate surface area is 156 Å². The first-order chi connectivity index (χ1) is 10.4. The highest BCUT2D eigenvalue weighted by Crippen LogP contribution is 2.28. The lowest BCUT2D eigenvalue weighted by atomic mass is 10.1. The number of rotatable bonds is 6. The number of hydrogen-bond acceptors (Lipinski definition) is 3. The van der Waals surface area contributed by atoms with Crippen molar-refractivity contribution in [3.63, 3.8) is 0 Å². The van der Waals surface area contributed by atoms with Gasteiger partial charge in [0.25, 0.3) is 0 Å². The van der Waals surface area contributed by atoms with Gasteiger partial charge in [-0.15, -0.1) is 24.0 Å². The Balaban J connectivity index is 0.00000264. The largest absolute Gasteiger partial charge is 0.357 e. The fraction of sp³-hybridized carbons (Fsp3) is 0.562. The van der Waals surface area contributed by atoms with Crippen molar-refractivity contribution >= 4 is 39.8 Å². The molecule has 1 aliphatic rings. The molecule has 0 bridgehead atoms. The van der Waals surface area contributed by atoms with Crippen LogP contribution in [-0.4, -0.2) is 39.8 Å². The third kappa shape index (κ3) is 6.66. The fourth-order valence-corrected chi connectivity index (χ4v) is 2.85. The summed E-state index contributed by atoms with van der Waals surface area (Å²) < 4.78 is 22.8. The lowest BCUT2D eigenvalue weighted by molar-refractivity contribution is 0.602. The lowest BCUT2D eigenvalue weighted by Crippen LogP contribution is -2.39. The van der Waals surface area contributed by atoms with E-state index in [9.17, 15) is 8.42 Å². The zero-order valence-corrected chi connectivity index (χ0v) is 17.0. The summed E-state index contributed by atoms with van der Waals surface area (Å²) in [7, 11) is -3.12. The number of nitrogens with one attached hydrogen (secondary N) is 2. The van der Waals surface area contributed by atoms with Crippen molar-refractivity contribution in [3.05, 3.63) is 29.8 Å². The minimum Gasteiger partial charge on any atom is -0.357 e. The molecule has 0 heterocycles. The molecule has 2 N–H and O–H groups in total.